The Morgan fingerprint density at radius 1 is 1.20 bits per heavy atom. The van der Waals surface area contributed by atoms with Gasteiger partial charge < -0.3 is 10.2 Å². The molecule has 1 heterocycles. The van der Waals surface area contributed by atoms with Crippen molar-refractivity contribution in [2.45, 2.75) is 76.9 Å². The molecule has 1 aliphatic heterocycles. The van der Waals surface area contributed by atoms with Crippen LogP contribution in [0.4, 0.5) is 0 Å². The Morgan fingerprint density at radius 3 is 2.45 bits per heavy atom. The van der Waals surface area contributed by atoms with Crippen molar-refractivity contribution in [2.24, 2.45) is 5.41 Å². The van der Waals surface area contributed by atoms with Gasteiger partial charge in [-0.05, 0) is 45.2 Å². The van der Waals surface area contributed by atoms with Crippen molar-refractivity contribution >= 4 is 5.97 Å². The number of carboxylic acids is 1. The van der Waals surface area contributed by atoms with Crippen LogP contribution in [0.5, 0.6) is 0 Å². The highest BCUT2D eigenvalue weighted by molar-refractivity contribution is 5.74. The number of hydrogen-bond acceptors (Lipinski definition) is 3. The first-order chi connectivity index (χ1) is 9.59. The summed E-state index contributed by atoms with van der Waals surface area (Å²) in [5.41, 5.74) is -0.513. The second-order valence-corrected chi connectivity index (χ2v) is 6.64. The predicted molar refractivity (Wildman–Crippen MR) is 78.7 cm³/mol. The minimum absolute atomic E-state index is 0.221. The van der Waals surface area contributed by atoms with Crippen LogP contribution < -0.4 is 0 Å². The zero-order valence-electron chi connectivity index (χ0n) is 12.7. The number of hydrogen-bond donors (Lipinski definition) is 2. The lowest BCUT2D eigenvalue weighted by molar-refractivity contribution is -0.153. The number of aliphatic hydroxyl groups excluding tert-OH is 1. The highest BCUT2D eigenvalue weighted by atomic mass is 16.4. The van der Waals surface area contributed by atoms with E-state index in [4.69, 9.17) is 0 Å². The van der Waals surface area contributed by atoms with E-state index in [1.807, 2.05) is 0 Å². The number of aliphatic hydroxyl groups is 1. The summed E-state index contributed by atoms with van der Waals surface area (Å²) in [5, 5.41) is 19.8. The molecule has 2 unspecified atom stereocenters. The number of carboxylic acid groups (broad SMARTS) is 1. The minimum atomic E-state index is -0.625. The van der Waals surface area contributed by atoms with E-state index in [1.165, 1.54) is 12.8 Å². The summed E-state index contributed by atoms with van der Waals surface area (Å²) in [6, 6.07) is 0.255. The van der Waals surface area contributed by atoms with Crippen LogP contribution in [-0.2, 0) is 4.79 Å². The average molecular weight is 283 g/mol. The van der Waals surface area contributed by atoms with Crippen molar-refractivity contribution in [2.75, 3.05) is 13.1 Å². The third-order valence-electron chi connectivity index (χ3n) is 5.35. The standard InChI is InChI=1S/C16H29NO3/c1-2-8-16(15(19)20)9-11-17(12-10-16)13-6-4-3-5-7-14(13)18/h13-14,18H,2-12H2,1H3,(H,19,20). The van der Waals surface area contributed by atoms with Gasteiger partial charge in [-0.1, -0.05) is 32.6 Å². The maximum Gasteiger partial charge on any atom is 0.309 e. The fourth-order valence-electron chi connectivity index (χ4n) is 4.03. The van der Waals surface area contributed by atoms with Crippen LogP contribution in [0, 0.1) is 5.41 Å². The molecule has 0 aromatic carbocycles. The highest BCUT2D eigenvalue weighted by Gasteiger charge is 2.42. The van der Waals surface area contributed by atoms with Gasteiger partial charge in [0.15, 0.2) is 0 Å². The molecule has 4 nitrogen and oxygen atoms in total. The summed E-state index contributed by atoms with van der Waals surface area (Å²) in [4.78, 5) is 14.0. The van der Waals surface area contributed by atoms with Crippen molar-refractivity contribution in [1.82, 2.24) is 4.90 Å². The molecule has 2 atom stereocenters. The monoisotopic (exact) mass is 283 g/mol. The van der Waals surface area contributed by atoms with Crippen molar-refractivity contribution in [3.8, 4) is 0 Å². The molecule has 2 fully saturated rings. The SMILES string of the molecule is CCCC1(C(=O)O)CCN(C2CCCCCC2O)CC1. The molecule has 1 aliphatic carbocycles. The summed E-state index contributed by atoms with van der Waals surface area (Å²) in [7, 11) is 0. The molecule has 1 saturated heterocycles. The largest absolute Gasteiger partial charge is 0.481 e. The summed E-state index contributed by atoms with van der Waals surface area (Å²) in [6.07, 6.45) is 8.46. The first kappa shape index (κ1) is 15.8. The third kappa shape index (κ3) is 3.34. The Balaban J connectivity index is 1.97. The number of rotatable bonds is 4. The van der Waals surface area contributed by atoms with E-state index < -0.39 is 11.4 Å². The molecule has 2 rings (SSSR count). The second kappa shape index (κ2) is 6.90. The quantitative estimate of drug-likeness (QED) is 0.779. The molecule has 0 aromatic rings. The topological polar surface area (TPSA) is 60.8 Å². The Hall–Kier alpha value is -0.610. The molecule has 2 N–H and O–H groups in total. The van der Waals surface area contributed by atoms with Crippen molar-refractivity contribution in [3.05, 3.63) is 0 Å². The van der Waals surface area contributed by atoms with Crippen LogP contribution >= 0.6 is 0 Å². The summed E-state index contributed by atoms with van der Waals surface area (Å²) in [6.45, 7) is 3.72. The molecule has 20 heavy (non-hydrogen) atoms. The van der Waals surface area contributed by atoms with Crippen LogP contribution in [0.15, 0.2) is 0 Å². The van der Waals surface area contributed by atoms with Crippen molar-refractivity contribution in [3.63, 3.8) is 0 Å². The molecule has 0 aromatic heterocycles. The lowest BCUT2D eigenvalue weighted by atomic mass is 9.74. The molecular formula is C16H29NO3. The number of likely N-dealkylation sites (tertiary alicyclic amines) is 1. The molecule has 0 spiro atoms. The number of piperidine rings is 1. The van der Waals surface area contributed by atoms with Gasteiger partial charge in [0.05, 0.1) is 11.5 Å². The minimum Gasteiger partial charge on any atom is -0.481 e. The Labute approximate surface area is 122 Å². The van der Waals surface area contributed by atoms with Gasteiger partial charge in [0.1, 0.15) is 0 Å². The van der Waals surface area contributed by atoms with Gasteiger partial charge in [0, 0.05) is 6.04 Å². The van der Waals surface area contributed by atoms with Gasteiger partial charge in [-0.15, -0.1) is 0 Å². The van der Waals surface area contributed by atoms with E-state index in [2.05, 4.69) is 11.8 Å². The first-order valence-electron chi connectivity index (χ1n) is 8.24. The molecule has 0 radical (unpaired) electrons. The van der Waals surface area contributed by atoms with E-state index in [-0.39, 0.29) is 12.1 Å². The highest BCUT2D eigenvalue weighted by Crippen LogP contribution is 2.38. The summed E-state index contributed by atoms with van der Waals surface area (Å²) >= 11 is 0. The fraction of sp³-hybridized carbons (Fsp3) is 0.938. The van der Waals surface area contributed by atoms with E-state index in [1.54, 1.807) is 0 Å². The lowest BCUT2D eigenvalue weighted by Crippen LogP contribution is -2.51. The Morgan fingerprint density at radius 2 is 1.85 bits per heavy atom. The van der Waals surface area contributed by atoms with E-state index in [0.29, 0.717) is 0 Å². The first-order valence-corrected chi connectivity index (χ1v) is 8.24. The zero-order chi connectivity index (χ0) is 14.6. The summed E-state index contributed by atoms with van der Waals surface area (Å²) in [5.74, 6) is -0.625. The predicted octanol–water partition coefficient (Wildman–Crippen LogP) is 2.65. The third-order valence-corrected chi connectivity index (χ3v) is 5.35. The zero-order valence-corrected chi connectivity index (χ0v) is 12.7. The molecule has 4 heteroatoms. The summed E-state index contributed by atoms with van der Waals surface area (Å²) < 4.78 is 0. The van der Waals surface area contributed by atoms with Gasteiger partial charge in [0.2, 0.25) is 0 Å². The van der Waals surface area contributed by atoms with Crippen molar-refractivity contribution < 1.29 is 15.0 Å². The van der Waals surface area contributed by atoms with Crippen LogP contribution in [0.2, 0.25) is 0 Å². The van der Waals surface area contributed by atoms with Crippen LogP contribution in [0.25, 0.3) is 0 Å². The van der Waals surface area contributed by atoms with Crippen LogP contribution in [0.1, 0.15) is 64.7 Å². The Kier molecular flexibility index (Phi) is 5.44. The average Bonchev–Trinajstić information content (AvgIpc) is 2.64. The molecule has 1 saturated carbocycles. The molecular weight excluding hydrogens is 254 g/mol. The van der Waals surface area contributed by atoms with Crippen LogP contribution in [0.3, 0.4) is 0 Å². The normalized spacial score (nSPS) is 31.7. The lowest BCUT2D eigenvalue weighted by Gasteiger charge is -2.43. The molecule has 0 amide bonds. The van der Waals surface area contributed by atoms with Crippen molar-refractivity contribution in [1.29, 1.82) is 0 Å². The maximum absolute atomic E-state index is 11.6. The molecule has 0 bridgehead atoms. The molecule has 2 aliphatic rings. The van der Waals surface area contributed by atoms with E-state index in [9.17, 15) is 15.0 Å². The van der Waals surface area contributed by atoms with Gasteiger partial charge >= 0.3 is 5.97 Å². The smallest absolute Gasteiger partial charge is 0.309 e. The maximum atomic E-state index is 11.6. The number of carbonyl (C=O) groups is 1. The fourth-order valence-corrected chi connectivity index (χ4v) is 4.03. The van der Waals surface area contributed by atoms with Gasteiger partial charge in [-0.25, -0.2) is 0 Å². The number of nitrogens with zero attached hydrogens (tertiary/aromatic N) is 1. The van der Waals surface area contributed by atoms with E-state index >= 15 is 0 Å². The van der Waals surface area contributed by atoms with Crippen LogP contribution in [-0.4, -0.2) is 46.3 Å². The van der Waals surface area contributed by atoms with Gasteiger partial charge in [-0.3, -0.25) is 9.69 Å². The Bertz CT molecular complexity index is 324. The van der Waals surface area contributed by atoms with E-state index in [0.717, 1.165) is 58.0 Å². The number of aliphatic carboxylic acids is 1. The second-order valence-electron chi connectivity index (χ2n) is 6.64. The van der Waals surface area contributed by atoms with Gasteiger partial charge in [0.25, 0.3) is 0 Å². The molecule has 116 valence electrons. The van der Waals surface area contributed by atoms with Gasteiger partial charge in [-0.2, -0.15) is 0 Å².